The Balaban J connectivity index is 2.34. The minimum absolute atomic E-state index is 0.0587. The van der Waals surface area contributed by atoms with Crippen LogP contribution in [0.4, 0.5) is 0 Å². The van der Waals surface area contributed by atoms with E-state index in [1.54, 1.807) is 26.4 Å². The topological polar surface area (TPSA) is 50.7 Å². The summed E-state index contributed by atoms with van der Waals surface area (Å²) in [6.45, 7) is 0.938. The zero-order valence-corrected chi connectivity index (χ0v) is 11.3. The lowest BCUT2D eigenvalue weighted by atomic mass is 10.00. The van der Waals surface area contributed by atoms with Gasteiger partial charge in [0.25, 0.3) is 0 Å². The first-order valence-corrected chi connectivity index (χ1v) is 6.38. The number of hydrogen-bond donors (Lipinski definition) is 2. The lowest BCUT2D eigenvalue weighted by molar-refractivity contribution is 0.134. The number of aliphatic hydroxyl groups is 1. The third-order valence-electron chi connectivity index (χ3n) is 3.31. The molecule has 1 aromatic rings. The highest BCUT2D eigenvalue weighted by atomic mass is 35.5. The minimum atomic E-state index is -0.620. The molecule has 5 heteroatoms. The first-order valence-electron chi connectivity index (χ1n) is 6.01. The van der Waals surface area contributed by atoms with E-state index in [0.29, 0.717) is 22.1 Å². The normalized spacial score (nSPS) is 20.8. The van der Waals surface area contributed by atoms with Crippen LogP contribution in [0.15, 0.2) is 12.1 Å². The van der Waals surface area contributed by atoms with E-state index < -0.39 is 6.10 Å². The number of rotatable bonds is 4. The SMILES string of the molecule is COc1ccc(C(O)C2CCCN2)c(OC)c1Cl. The monoisotopic (exact) mass is 271 g/mol. The van der Waals surface area contributed by atoms with E-state index in [0.717, 1.165) is 19.4 Å². The minimum Gasteiger partial charge on any atom is -0.495 e. The lowest BCUT2D eigenvalue weighted by Crippen LogP contribution is -2.29. The van der Waals surface area contributed by atoms with Gasteiger partial charge in [0.15, 0.2) is 0 Å². The summed E-state index contributed by atoms with van der Waals surface area (Å²) in [4.78, 5) is 0. The van der Waals surface area contributed by atoms with Gasteiger partial charge in [-0.3, -0.25) is 0 Å². The van der Waals surface area contributed by atoms with E-state index in [4.69, 9.17) is 21.1 Å². The van der Waals surface area contributed by atoms with Crippen LogP contribution in [0.2, 0.25) is 5.02 Å². The summed E-state index contributed by atoms with van der Waals surface area (Å²) in [7, 11) is 3.09. The van der Waals surface area contributed by atoms with Crippen LogP contribution >= 0.6 is 11.6 Å². The van der Waals surface area contributed by atoms with Gasteiger partial charge in [-0.2, -0.15) is 0 Å². The molecular weight excluding hydrogens is 254 g/mol. The van der Waals surface area contributed by atoms with Gasteiger partial charge in [-0.1, -0.05) is 11.6 Å². The number of aliphatic hydroxyl groups excluding tert-OH is 1. The second-order valence-electron chi connectivity index (χ2n) is 4.35. The van der Waals surface area contributed by atoms with E-state index in [9.17, 15) is 5.11 Å². The summed E-state index contributed by atoms with van der Waals surface area (Å²) in [5.41, 5.74) is 0.697. The number of nitrogens with one attached hydrogen (secondary N) is 1. The molecule has 0 radical (unpaired) electrons. The van der Waals surface area contributed by atoms with Gasteiger partial charge in [-0.15, -0.1) is 0 Å². The molecule has 100 valence electrons. The Hall–Kier alpha value is -0.970. The van der Waals surface area contributed by atoms with Crippen molar-refractivity contribution in [3.63, 3.8) is 0 Å². The van der Waals surface area contributed by atoms with Crippen molar-refractivity contribution in [1.82, 2.24) is 5.32 Å². The Morgan fingerprint density at radius 3 is 2.72 bits per heavy atom. The fourth-order valence-electron chi connectivity index (χ4n) is 2.35. The molecule has 0 saturated carbocycles. The molecule has 4 nitrogen and oxygen atoms in total. The fraction of sp³-hybridized carbons (Fsp3) is 0.538. The van der Waals surface area contributed by atoms with Crippen molar-refractivity contribution >= 4 is 11.6 Å². The van der Waals surface area contributed by atoms with E-state index in [2.05, 4.69) is 5.32 Å². The molecule has 0 aliphatic carbocycles. The second kappa shape index (κ2) is 5.78. The lowest BCUT2D eigenvalue weighted by Gasteiger charge is -2.22. The molecule has 18 heavy (non-hydrogen) atoms. The standard InChI is InChI=1S/C13H18ClNO3/c1-17-10-6-5-8(13(18-2)11(10)14)12(16)9-4-3-7-15-9/h5-6,9,12,15-16H,3-4,7H2,1-2H3. The van der Waals surface area contributed by atoms with Gasteiger partial charge in [0, 0.05) is 11.6 Å². The first-order chi connectivity index (χ1) is 8.69. The molecule has 2 unspecified atom stereocenters. The first kappa shape index (κ1) is 13.5. The van der Waals surface area contributed by atoms with Crippen LogP contribution in [0, 0.1) is 0 Å². The third kappa shape index (κ3) is 2.41. The summed E-state index contributed by atoms with van der Waals surface area (Å²) < 4.78 is 10.4. The van der Waals surface area contributed by atoms with Gasteiger partial charge in [-0.25, -0.2) is 0 Å². The van der Waals surface area contributed by atoms with Crippen LogP contribution in [0.25, 0.3) is 0 Å². The van der Waals surface area contributed by atoms with E-state index in [-0.39, 0.29) is 6.04 Å². The Labute approximate surface area is 112 Å². The van der Waals surface area contributed by atoms with Gasteiger partial charge < -0.3 is 19.9 Å². The summed E-state index contributed by atoms with van der Waals surface area (Å²) in [5, 5.41) is 14.1. The number of halogens is 1. The molecule has 2 rings (SSSR count). The number of methoxy groups -OCH3 is 2. The number of hydrogen-bond acceptors (Lipinski definition) is 4. The Bertz CT molecular complexity index is 419. The Morgan fingerprint density at radius 1 is 1.39 bits per heavy atom. The molecule has 1 aliphatic rings. The predicted molar refractivity (Wildman–Crippen MR) is 70.5 cm³/mol. The molecule has 0 bridgehead atoms. The van der Waals surface area contributed by atoms with Gasteiger partial charge in [0.1, 0.15) is 16.5 Å². The third-order valence-corrected chi connectivity index (χ3v) is 3.67. The molecular formula is C13H18ClNO3. The van der Waals surface area contributed by atoms with Gasteiger partial charge in [0.05, 0.1) is 20.3 Å². The second-order valence-corrected chi connectivity index (χ2v) is 4.73. The summed E-state index contributed by atoms with van der Waals surface area (Å²) >= 11 is 6.18. The van der Waals surface area contributed by atoms with Gasteiger partial charge in [-0.05, 0) is 31.5 Å². The molecule has 2 N–H and O–H groups in total. The predicted octanol–water partition coefficient (Wildman–Crippen LogP) is 2.14. The van der Waals surface area contributed by atoms with E-state index in [1.165, 1.54) is 0 Å². The van der Waals surface area contributed by atoms with Crippen LogP contribution < -0.4 is 14.8 Å². The maximum absolute atomic E-state index is 10.4. The zero-order valence-electron chi connectivity index (χ0n) is 10.6. The molecule has 0 aromatic heterocycles. The van der Waals surface area contributed by atoms with E-state index >= 15 is 0 Å². The Kier molecular flexibility index (Phi) is 4.32. The fourth-order valence-corrected chi connectivity index (χ4v) is 2.68. The largest absolute Gasteiger partial charge is 0.495 e. The van der Waals surface area contributed by atoms with Crippen LogP contribution in [-0.4, -0.2) is 31.9 Å². The molecule has 2 atom stereocenters. The van der Waals surface area contributed by atoms with Crippen LogP contribution in [0.3, 0.4) is 0 Å². The molecule has 0 spiro atoms. The van der Waals surface area contributed by atoms with Crippen molar-refractivity contribution in [3.05, 3.63) is 22.7 Å². The highest BCUT2D eigenvalue weighted by molar-refractivity contribution is 6.33. The maximum Gasteiger partial charge on any atom is 0.147 e. The summed E-state index contributed by atoms with van der Waals surface area (Å²) in [6.07, 6.45) is 1.41. The summed E-state index contributed by atoms with van der Waals surface area (Å²) in [6, 6.07) is 3.61. The highest BCUT2D eigenvalue weighted by Gasteiger charge is 2.28. The smallest absolute Gasteiger partial charge is 0.147 e. The molecule has 0 amide bonds. The van der Waals surface area contributed by atoms with Crippen molar-refractivity contribution in [2.45, 2.75) is 25.0 Å². The molecule has 1 aliphatic heterocycles. The molecule has 1 fully saturated rings. The van der Waals surface area contributed by atoms with Crippen LogP contribution in [0.1, 0.15) is 24.5 Å². The Morgan fingerprint density at radius 2 is 2.17 bits per heavy atom. The summed E-state index contributed by atoms with van der Waals surface area (Å²) in [5.74, 6) is 1.03. The molecule has 1 aromatic carbocycles. The number of benzene rings is 1. The van der Waals surface area contributed by atoms with Crippen molar-refractivity contribution in [2.75, 3.05) is 20.8 Å². The highest BCUT2D eigenvalue weighted by Crippen LogP contribution is 2.40. The van der Waals surface area contributed by atoms with Crippen LogP contribution in [0.5, 0.6) is 11.5 Å². The average molecular weight is 272 g/mol. The molecule has 1 saturated heterocycles. The average Bonchev–Trinajstić information content (AvgIpc) is 2.91. The zero-order chi connectivity index (χ0) is 13.1. The van der Waals surface area contributed by atoms with Crippen molar-refractivity contribution < 1.29 is 14.6 Å². The van der Waals surface area contributed by atoms with Crippen molar-refractivity contribution in [3.8, 4) is 11.5 Å². The van der Waals surface area contributed by atoms with E-state index in [1.807, 2.05) is 0 Å². The van der Waals surface area contributed by atoms with Crippen LogP contribution in [-0.2, 0) is 0 Å². The maximum atomic E-state index is 10.4. The van der Waals surface area contributed by atoms with Crippen molar-refractivity contribution in [2.24, 2.45) is 0 Å². The van der Waals surface area contributed by atoms with Gasteiger partial charge in [0.2, 0.25) is 0 Å². The van der Waals surface area contributed by atoms with Gasteiger partial charge >= 0.3 is 0 Å². The quantitative estimate of drug-likeness (QED) is 0.881. The van der Waals surface area contributed by atoms with Crippen molar-refractivity contribution in [1.29, 1.82) is 0 Å². The molecule has 1 heterocycles. The number of ether oxygens (including phenoxy) is 2.